The second-order valence-electron chi connectivity index (χ2n) is 10.1. The molecule has 4 aliphatic rings. The van der Waals surface area contributed by atoms with Crippen molar-refractivity contribution in [2.75, 3.05) is 6.61 Å². The van der Waals surface area contributed by atoms with Gasteiger partial charge >= 0.3 is 37.4 Å². The molecule has 0 aromatic rings. The maximum absolute atomic E-state index is 12.8. The number of phosphoric ester groups is 1. The van der Waals surface area contributed by atoms with Crippen molar-refractivity contribution in [3.05, 3.63) is 11.6 Å². The molecule has 0 aromatic carbocycles. The fourth-order valence-electron chi connectivity index (χ4n) is 7.66. The van der Waals surface area contributed by atoms with Crippen molar-refractivity contribution in [1.29, 1.82) is 0 Å². The molecule has 31 heavy (non-hydrogen) atoms. The monoisotopic (exact) mass is 466 g/mol. The maximum atomic E-state index is 12.8. The van der Waals surface area contributed by atoms with Gasteiger partial charge in [0.15, 0.2) is 11.6 Å². The number of aliphatic hydroxyl groups is 2. The van der Waals surface area contributed by atoms with E-state index < -0.39 is 37.3 Å². The second kappa shape index (κ2) is 8.40. The molecule has 8 nitrogen and oxygen atoms in total. The first kappa shape index (κ1) is 25.7. The van der Waals surface area contributed by atoms with Gasteiger partial charge in [-0.05, 0) is 67.8 Å². The second-order valence-corrected chi connectivity index (χ2v) is 11.3. The Kier molecular flexibility index (Phi) is 6.97. The molecule has 0 amide bonds. The quantitative estimate of drug-likeness (QED) is 0.358. The molecule has 3 saturated carbocycles. The fraction of sp³-hybridized carbons (Fsp3) is 0.810. The summed E-state index contributed by atoms with van der Waals surface area (Å²) in [4.78, 5) is 43.9. The van der Waals surface area contributed by atoms with Crippen LogP contribution in [-0.2, 0) is 18.7 Å². The number of fused-ring (bicyclic) bond motifs is 5. The van der Waals surface area contributed by atoms with E-state index in [9.17, 15) is 34.2 Å². The van der Waals surface area contributed by atoms with Gasteiger partial charge in [-0.3, -0.25) is 14.1 Å². The van der Waals surface area contributed by atoms with E-state index in [0.717, 1.165) is 18.4 Å². The number of carbonyl (C=O) groups is 2. The van der Waals surface area contributed by atoms with Crippen LogP contribution in [0.3, 0.4) is 0 Å². The van der Waals surface area contributed by atoms with Gasteiger partial charge in [0.25, 0.3) is 0 Å². The Morgan fingerprint density at radius 1 is 1.23 bits per heavy atom. The first-order chi connectivity index (χ1) is 13.9. The molecule has 3 fully saturated rings. The van der Waals surface area contributed by atoms with Crippen LogP contribution in [0.25, 0.3) is 0 Å². The van der Waals surface area contributed by atoms with Gasteiger partial charge in [-0.25, -0.2) is 4.57 Å². The summed E-state index contributed by atoms with van der Waals surface area (Å²) in [7, 11) is -5.01. The first-order valence-electron chi connectivity index (χ1n) is 10.7. The molecule has 4 N–H and O–H groups in total. The number of phosphoric acid groups is 1. The van der Waals surface area contributed by atoms with Gasteiger partial charge < -0.3 is 20.0 Å². The molecule has 0 radical (unpaired) electrons. The van der Waals surface area contributed by atoms with E-state index in [1.54, 1.807) is 13.0 Å². The molecule has 0 saturated heterocycles. The summed E-state index contributed by atoms with van der Waals surface area (Å²) in [5, 5.41) is 20.9. The summed E-state index contributed by atoms with van der Waals surface area (Å²) in [5.41, 5.74) is -2.04. The molecule has 0 aromatic heterocycles. The summed E-state index contributed by atoms with van der Waals surface area (Å²) in [6, 6.07) is 0. The molecule has 4 rings (SSSR count). The van der Waals surface area contributed by atoms with Crippen LogP contribution in [0.4, 0.5) is 0 Å². The number of allylic oxidation sites excluding steroid dienone is 1. The van der Waals surface area contributed by atoms with E-state index in [4.69, 9.17) is 4.52 Å². The third-order valence-electron chi connectivity index (χ3n) is 8.89. The molecule has 0 spiro atoms. The predicted octanol–water partition coefficient (Wildman–Crippen LogP) is 1.25. The first-order valence-corrected chi connectivity index (χ1v) is 12.2. The normalized spacial score (nSPS) is 44.5. The number of hydrogen-bond donors (Lipinski definition) is 4. The Labute approximate surface area is 204 Å². The SMILES string of the molecule is C[C@]12CCC(=O)C=C1CC[C@@H]1[C@@H]2[C@@H](O)C[C@@]2(C)[C@H]1CC[C@]2(OP(=O)(O)O)C(=O)CO.[NaH]. The average molecular weight is 466 g/mol. The number of aliphatic hydroxyl groups excluding tert-OH is 2. The molecule has 4 aliphatic carbocycles. The van der Waals surface area contributed by atoms with E-state index in [1.807, 2.05) is 0 Å². The van der Waals surface area contributed by atoms with Crippen LogP contribution in [0, 0.1) is 28.6 Å². The molecule has 170 valence electrons. The van der Waals surface area contributed by atoms with Crippen molar-refractivity contribution in [3.8, 4) is 0 Å². The van der Waals surface area contributed by atoms with Crippen LogP contribution in [-0.4, -0.2) is 79.4 Å². The minimum atomic E-state index is -5.01. The Balaban J connectivity index is 0.00000272. The molecule has 0 bridgehead atoms. The van der Waals surface area contributed by atoms with E-state index in [1.165, 1.54) is 0 Å². The van der Waals surface area contributed by atoms with E-state index in [2.05, 4.69) is 6.92 Å². The van der Waals surface area contributed by atoms with Gasteiger partial charge in [0.2, 0.25) is 0 Å². The van der Waals surface area contributed by atoms with E-state index >= 15 is 0 Å². The standard InChI is InChI=1S/C21H31O8P.Na.H/c1-19-7-5-13(23)9-12(19)3-4-14-15-6-8-21(17(25)11-22,29-30(26,27)28)20(15,2)10-16(24)18(14)19;;/h9,14-16,18,22,24H,3-8,10-11H2,1-2H3,(H2,26,27,28);;/t14-,15-,16-,18+,19-,20-,21-;;/m0../s1. The van der Waals surface area contributed by atoms with Crippen molar-refractivity contribution >= 4 is 48.9 Å². The molecule has 7 atom stereocenters. The van der Waals surface area contributed by atoms with Gasteiger partial charge in [0, 0.05) is 11.8 Å². The zero-order valence-electron chi connectivity index (χ0n) is 17.4. The molecular weight excluding hydrogens is 434 g/mol. The van der Waals surface area contributed by atoms with Crippen molar-refractivity contribution in [3.63, 3.8) is 0 Å². The van der Waals surface area contributed by atoms with Gasteiger partial charge in [-0.15, -0.1) is 0 Å². The van der Waals surface area contributed by atoms with Crippen LogP contribution >= 0.6 is 7.82 Å². The van der Waals surface area contributed by atoms with Crippen molar-refractivity contribution in [2.45, 2.75) is 70.5 Å². The van der Waals surface area contributed by atoms with Crippen molar-refractivity contribution in [1.82, 2.24) is 0 Å². The molecule has 10 heteroatoms. The molecular formula is C21H32NaO8P. The molecule has 0 heterocycles. The summed E-state index contributed by atoms with van der Waals surface area (Å²) in [5.74, 6) is -0.738. The van der Waals surface area contributed by atoms with Crippen molar-refractivity contribution in [2.24, 2.45) is 28.6 Å². The summed E-state index contributed by atoms with van der Waals surface area (Å²) in [6.07, 6.45) is 4.34. The van der Waals surface area contributed by atoms with Crippen LogP contribution < -0.4 is 0 Å². The Morgan fingerprint density at radius 3 is 2.52 bits per heavy atom. The zero-order chi connectivity index (χ0) is 22.1. The third-order valence-corrected chi connectivity index (χ3v) is 9.43. The zero-order valence-corrected chi connectivity index (χ0v) is 18.3. The van der Waals surface area contributed by atoms with Crippen LogP contribution in [0.15, 0.2) is 11.6 Å². The van der Waals surface area contributed by atoms with Crippen LogP contribution in [0.5, 0.6) is 0 Å². The summed E-state index contributed by atoms with van der Waals surface area (Å²) >= 11 is 0. The predicted molar refractivity (Wildman–Crippen MR) is 113 cm³/mol. The Morgan fingerprint density at radius 2 is 1.90 bits per heavy atom. The topological polar surface area (TPSA) is 141 Å². The van der Waals surface area contributed by atoms with Crippen LogP contribution in [0.2, 0.25) is 0 Å². The third kappa shape index (κ3) is 3.80. The number of ketones is 2. The number of hydrogen-bond acceptors (Lipinski definition) is 6. The molecule has 0 unspecified atom stereocenters. The minimum absolute atomic E-state index is 0. The van der Waals surface area contributed by atoms with Crippen LogP contribution in [0.1, 0.15) is 58.8 Å². The van der Waals surface area contributed by atoms with E-state index in [0.29, 0.717) is 19.3 Å². The summed E-state index contributed by atoms with van der Waals surface area (Å²) < 4.78 is 17.0. The summed E-state index contributed by atoms with van der Waals surface area (Å²) in [6.45, 7) is 3.01. The number of Topliss-reactive ketones (excluding diaryl/α,β-unsaturated/α-hetero) is 1. The van der Waals surface area contributed by atoms with Crippen molar-refractivity contribution < 1.29 is 38.7 Å². The van der Waals surface area contributed by atoms with Gasteiger partial charge in [-0.1, -0.05) is 19.4 Å². The van der Waals surface area contributed by atoms with E-state index in [-0.39, 0.29) is 71.4 Å². The Hall–Kier alpha value is 0.110. The average Bonchev–Trinajstić information content (AvgIpc) is 2.92. The van der Waals surface area contributed by atoms with Gasteiger partial charge in [-0.2, -0.15) is 0 Å². The number of carbonyl (C=O) groups excluding carboxylic acids is 2. The molecule has 0 aliphatic heterocycles. The van der Waals surface area contributed by atoms with Gasteiger partial charge in [0.05, 0.1) is 6.10 Å². The Bertz CT molecular complexity index is 854. The number of rotatable bonds is 4. The van der Waals surface area contributed by atoms with Gasteiger partial charge in [0.1, 0.15) is 12.2 Å². The fourth-order valence-corrected chi connectivity index (χ4v) is 8.47.